The molecular formula is C18H26N8O2. The van der Waals surface area contributed by atoms with Crippen molar-refractivity contribution >= 4 is 11.6 Å². The Kier molecular flexibility index (Phi) is 5.23. The first-order valence-corrected chi connectivity index (χ1v) is 9.56. The molecule has 0 aliphatic carbocycles. The SMILES string of the molecule is COC(C)c1noc(CN2CCCN(c3c(C)c(C)nc4ncnn34)CC2)n1. The van der Waals surface area contributed by atoms with Gasteiger partial charge in [0.25, 0.3) is 5.78 Å². The van der Waals surface area contributed by atoms with Crippen LogP contribution in [-0.4, -0.2) is 67.9 Å². The van der Waals surface area contributed by atoms with E-state index in [1.165, 1.54) is 0 Å². The zero-order valence-electron chi connectivity index (χ0n) is 16.8. The Labute approximate surface area is 163 Å². The van der Waals surface area contributed by atoms with Crippen molar-refractivity contribution in [2.24, 2.45) is 0 Å². The summed E-state index contributed by atoms with van der Waals surface area (Å²) in [6.45, 7) is 10.4. The average molecular weight is 386 g/mol. The highest BCUT2D eigenvalue weighted by molar-refractivity contribution is 5.54. The lowest BCUT2D eigenvalue weighted by atomic mass is 10.2. The molecule has 1 unspecified atom stereocenters. The molecule has 1 aliphatic heterocycles. The van der Waals surface area contributed by atoms with Gasteiger partial charge in [0.05, 0.1) is 6.54 Å². The van der Waals surface area contributed by atoms with Crippen LogP contribution in [0.3, 0.4) is 0 Å². The van der Waals surface area contributed by atoms with Crippen LogP contribution in [0.25, 0.3) is 5.78 Å². The van der Waals surface area contributed by atoms with Crippen LogP contribution in [0.4, 0.5) is 5.82 Å². The van der Waals surface area contributed by atoms with Gasteiger partial charge in [-0.2, -0.15) is 19.6 Å². The van der Waals surface area contributed by atoms with Gasteiger partial charge in [-0.1, -0.05) is 5.16 Å². The van der Waals surface area contributed by atoms with Gasteiger partial charge in [0, 0.05) is 44.5 Å². The molecule has 10 heteroatoms. The largest absolute Gasteiger partial charge is 0.374 e. The quantitative estimate of drug-likeness (QED) is 0.646. The third-order valence-corrected chi connectivity index (χ3v) is 5.32. The molecule has 0 N–H and O–H groups in total. The Morgan fingerprint density at radius 1 is 1.18 bits per heavy atom. The van der Waals surface area contributed by atoms with Crippen LogP contribution in [0.1, 0.15) is 42.4 Å². The highest BCUT2D eigenvalue weighted by Crippen LogP contribution is 2.24. The number of anilines is 1. The summed E-state index contributed by atoms with van der Waals surface area (Å²) in [6, 6.07) is 0. The summed E-state index contributed by atoms with van der Waals surface area (Å²) in [4.78, 5) is 18.0. The lowest BCUT2D eigenvalue weighted by Crippen LogP contribution is -2.32. The molecule has 1 atom stereocenters. The lowest BCUT2D eigenvalue weighted by molar-refractivity contribution is 0.109. The van der Waals surface area contributed by atoms with Crippen molar-refractivity contribution in [2.45, 2.75) is 39.8 Å². The minimum absolute atomic E-state index is 0.167. The van der Waals surface area contributed by atoms with Gasteiger partial charge in [-0.05, 0) is 27.2 Å². The number of aryl methyl sites for hydroxylation is 1. The Morgan fingerprint density at radius 3 is 2.86 bits per heavy atom. The number of ether oxygens (including phenoxy) is 1. The van der Waals surface area contributed by atoms with E-state index in [9.17, 15) is 0 Å². The number of hydrogen-bond donors (Lipinski definition) is 0. The topological polar surface area (TPSA) is 97.7 Å². The van der Waals surface area contributed by atoms with Crippen LogP contribution in [0, 0.1) is 13.8 Å². The summed E-state index contributed by atoms with van der Waals surface area (Å²) in [6.07, 6.45) is 2.43. The van der Waals surface area contributed by atoms with Gasteiger partial charge in [0.15, 0.2) is 5.82 Å². The van der Waals surface area contributed by atoms with Crippen LogP contribution in [0.15, 0.2) is 10.9 Å². The van der Waals surface area contributed by atoms with Gasteiger partial charge >= 0.3 is 0 Å². The molecule has 3 aromatic rings. The molecule has 4 rings (SSSR count). The second-order valence-electron chi connectivity index (χ2n) is 7.16. The molecule has 1 saturated heterocycles. The van der Waals surface area contributed by atoms with Crippen LogP contribution in [0.5, 0.6) is 0 Å². The molecule has 0 amide bonds. The second kappa shape index (κ2) is 7.80. The van der Waals surface area contributed by atoms with Crippen LogP contribution in [0.2, 0.25) is 0 Å². The fraction of sp³-hybridized carbons (Fsp3) is 0.611. The van der Waals surface area contributed by atoms with E-state index in [1.54, 1.807) is 13.4 Å². The smallest absolute Gasteiger partial charge is 0.254 e. The van der Waals surface area contributed by atoms with Crippen molar-refractivity contribution < 1.29 is 9.26 Å². The summed E-state index contributed by atoms with van der Waals surface area (Å²) in [7, 11) is 1.64. The number of methoxy groups -OCH3 is 1. The standard InChI is InChI=1S/C18H26N8O2/c1-12-13(2)21-18-19-11-20-26(18)17(12)25-7-5-6-24(8-9-25)10-15-22-16(23-28-15)14(3)27-4/h11,14H,5-10H2,1-4H3. The molecule has 0 radical (unpaired) electrons. The van der Waals surface area contributed by atoms with Crippen molar-refractivity contribution in [3.63, 3.8) is 0 Å². The molecule has 150 valence electrons. The maximum Gasteiger partial charge on any atom is 0.254 e. The summed E-state index contributed by atoms with van der Waals surface area (Å²) in [5.41, 5.74) is 2.13. The van der Waals surface area contributed by atoms with Crippen molar-refractivity contribution in [2.75, 3.05) is 38.2 Å². The van der Waals surface area contributed by atoms with E-state index < -0.39 is 0 Å². The molecule has 28 heavy (non-hydrogen) atoms. The highest BCUT2D eigenvalue weighted by atomic mass is 16.5. The summed E-state index contributed by atoms with van der Waals surface area (Å²) in [5.74, 6) is 2.94. The van der Waals surface area contributed by atoms with Crippen molar-refractivity contribution in [3.05, 3.63) is 29.3 Å². The zero-order valence-corrected chi connectivity index (χ0v) is 16.8. The molecule has 1 aliphatic rings. The van der Waals surface area contributed by atoms with Crippen LogP contribution < -0.4 is 4.90 Å². The Balaban J connectivity index is 1.48. The molecule has 10 nitrogen and oxygen atoms in total. The van der Waals surface area contributed by atoms with Gasteiger partial charge < -0.3 is 14.2 Å². The van der Waals surface area contributed by atoms with Crippen molar-refractivity contribution in [1.82, 2.24) is 34.6 Å². The van der Waals surface area contributed by atoms with E-state index in [-0.39, 0.29) is 6.10 Å². The van der Waals surface area contributed by atoms with E-state index in [4.69, 9.17) is 9.26 Å². The normalized spacial score (nSPS) is 17.2. The molecular weight excluding hydrogens is 360 g/mol. The molecule has 0 aromatic carbocycles. The monoisotopic (exact) mass is 386 g/mol. The van der Waals surface area contributed by atoms with E-state index in [0.29, 0.717) is 24.0 Å². The van der Waals surface area contributed by atoms with Gasteiger partial charge in [-0.15, -0.1) is 0 Å². The van der Waals surface area contributed by atoms with Crippen LogP contribution in [-0.2, 0) is 11.3 Å². The highest BCUT2D eigenvalue weighted by Gasteiger charge is 2.22. The van der Waals surface area contributed by atoms with Gasteiger partial charge in [0.2, 0.25) is 5.89 Å². The third-order valence-electron chi connectivity index (χ3n) is 5.32. The first-order chi connectivity index (χ1) is 13.6. The first kappa shape index (κ1) is 18.8. The number of nitrogens with zero attached hydrogens (tertiary/aromatic N) is 8. The number of fused-ring (bicyclic) bond motifs is 1. The van der Waals surface area contributed by atoms with E-state index in [1.807, 2.05) is 18.4 Å². The van der Waals surface area contributed by atoms with E-state index in [2.05, 4.69) is 41.9 Å². The first-order valence-electron chi connectivity index (χ1n) is 9.56. The number of hydrogen-bond acceptors (Lipinski definition) is 9. The predicted octanol–water partition coefficient (Wildman–Crippen LogP) is 1.54. The molecule has 0 bridgehead atoms. The summed E-state index contributed by atoms with van der Waals surface area (Å²) >= 11 is 0. The molecule has 1 fully saturated rings. The summed E-state index contributed by atoms with van der Waals surface area (Å²) in [5, 5.41) is 8.40. The Morgan fingerprint density at radius 2 is 2.04 bits per heavy atom. The van der Waals surface area contributed by atoms with E-state index in [0.717, 1.165) is 49.7 Å². The summed E-state index contributed by atoms with van der Waals surface area (Å²) < 4.78 is 12.5. The number of aromatic nitrogens is 6. The van der Waals surface area contributed by atoms with Gasteiger partial charge in [-0.25, -0.2) is 4.98 Å². The maximum atomic E-state index is 5.40. The minimum Gasteiger partial charge on any atom is -0.374 e. The molecule has 4 heterocycles. The number of rotatable bonds is 5. The second-order valence-corrected chi connectivity index (χ2v) is 7.16. The lowest BCUT2D eigenvalue weighted by Gasteiger charge is -2.25. The van der Waals surface area contributed by atoms with Crippen molar-refractivity contribution in [1.29, 1.82) is 0 Å². The van der Waals surface area contributed by atoms with E-state index >= 15 is 0 Å². The van der Waals surface area contributed by atoms with Crippen LogP contribution >= 0.6 is 0 Å². The van der Waals surface area contributed by atoms with Gasteiger partial charge in [-0.3, -0.25) is 4.90 Å². The Hall–Kier alpha value is -2.59. The Bertz CT molecular complexity index is 952. The maximum absolute atomic E-state index is 5.40. The molecule has 3 aromatic heterocycles. The fourth-order valence-electron chi connectivity index (χ4n) is 3.52. The zero-order chi connectivity index (χ0) is 19.7. The predicted molar refractivity (Wildman–Crippen MR) is 102 cm³/mol. The molecule has 0 spiro atoms. The molecule has 0 saturated carbocycles. The fourth-order valence-corrected chi connectivity index (χ4v) is 3.52. The minimum atomic E-state index is -0.167. The third kappa shape index (κ3) is 3.57. The van der Waals surface area contributed by atoms with Gasteiger partial charge in [0.1, 0.15) is 18.2 Å². The average Bonchev–Trinajstić information content (AvgIpc) is 3.28. The van der Waals surface area contributed by atoms with Crippen molar-refractivity contribution in [3.8, 4) is 0 Å².